The van der Waals surface area contributed by atoms with E-state index in [4.69, 9.17) is 9.47 Å². The molecule has 0 atom stereocenters. The summed E-state index contributed by atoms with van der Waals surface area (Å²) in [4.78, 5) is 26.5. The van der Waals surface area contributed by atoms with Gasteiger partial charge in [-0.05, 0) is 44.2 Å². The summed E-state index contributed by atoms with van der Waals surface area (Å²) in [6.07, 6.45) is 8.48. The van der Waals surface area contributed by atoms with Crippen molar-refractivity contribution in [3.63, 3.8) is 0 Å². The summed E-state index contributed by atoms with van der Waals surface area (Å²) in [5.74, 6) is 1.01. The number of nitrogens with one attached hydrogen (secondary N) is 1. The van der Waals surface area contributed by atoms with Crippen LogP contribution in [0.2, 0.25) is 0 Å². The molecule has 6 heteroatoms. The van der Waals surface area contributed by atoms with Crippen molar-refractivity contribution in [2.75, 3.05) is 18.4 Å². The molecule has 0 bridgehead atoms. The van der Waals surface area contributed by atoms with Gasteiger partial charge in [-0.2, -0.15) is 0 Å². The number of anilines is 1. The monoisotopic (exact) mass is 402 g/mol. The lowest BCUT2D eigenvalue weighted by molar-refractivity contribution is -0.131. The minimum Gasteiger partial charge on any atom is -0.448 e. The van der Waals surface area contributed by atoms with Gasteiger partial charge >= 0.3 is 0 Å². The average Bonchev–Trinajstić information content (AvgIpc) is 3.04. The standard InChI is InChI=1S/C23H34N2O4/c1-3-15-25(16-4-2)22(27)10-8-9-21(26)24-18-11-12-19-20(17-18)29-23(28-19)13-6-5-7-14-23/h11-12,17H,3-10,13-16H2,1-2H3,(H,24,26). The van der Waals surface area contributed by atoms with Crippen LogP contribution in [-0.2, 0) is 9.59 Å². The lowest BCUT2D eigenvalue weighted by Gasteiger charge is -2.31. The van der Waals surface area contributed by atoms with E-state index in [0.717, 1.165) is 57.4 Å². The van der Waals surface area contributed by atoms with Crippen molar-refractivity contribution >= 4 is 17.5 Å². The predicted molar refractivity (Wildman–Crippen MR) is 113 cm³/mol. The SMILES string of the molecule is CCCN(CCC)C(=O)CCCC(=O)Nc1ccc2c(c1)OC1(CCCCC1)O2. The summed E-state index contributed by atoms with van der Waals surface area (Å²) in [6.45, 7) is 5.73. The van der Waals surface area contributed by atoms with Crippen molar-refractivity contribution in [2.24, 2.45) is 0 Å². The van der Waals surface area contributed by atoms with Crippen LogP contribution in [0.15, 0.2) is 18.2 Å². The molecule has 1 spiro atoms. The summed E-state index contributed by atoms with van der Waals surface area (Å²) in [5.41, 5.74) is 0.704. The fraction of sp³-hybridized carbons (Fsp3) is 0.652. The number of ether oxygens (including phenoxy) is 2. The van der Waals surface area contributed by atoms with Crippen LogP contribution >= 0.6 is 0 Å². The number of fused-ring (bicyclic) bond motifs is 1. The Morgan fingerprint density at radius 1 is 1.00 bits per heavy atom. The second-order valence-electron chi connectivity index (χ2n) is 8.12. The molecule has 160 valence electrons. The molecular formula is C23H34N2O4. The van der Waals surface area contributed by atoms with Crippen LogP contribution in [0.4, 0.5) is 5.69 Å². The largest absolute Gasteiger partial charge is 0.448 e. The Balaban J connectivity index is 1.46. The van der Waals surface area contributed by atoms with Crippen LogP contribution in [0.5, 0.6) is 11.5 Å². The molecule has 1 saturated carbocycles. The molecule has 1 aliphatic carbocycles. The van der Waals surface area contributed by atoms with Crippen molar-refractivity contribution in [1.82, 2.24) is 4.90 Å². The van der Waals surface area contributed by atoms with Gasteiger partial charge < -0.3 is 19.7 Å². The van der Waals surface area contributed by atoms with E-state index >= 15 is 0 Å². The summed E-state index contributed by atoms with van der Waals surface area (Å²) < 4.78 is 12.2. The quantitative estimate of drug-likeness (QED) is 0.639. The summed E-state index contributed by atoms with van der Waals surface area (Å²) >= 11 is 0. The molecule has 1 aromatic carbocycles. The molecule has 1 heterocycles. The maximum Gasteiger partial charge on any atom is 0.251 e. The molecule has 6 nitrogen and oxygen atoms in total. The second-order valence-corrected chi connectivity index (χ2v) is 8.12. The van der Waals surface area contributed by atoms with Crippen LogP contribution in [0, 0.1) is 0 Å². The van der Waals surface area contributed by atoms with Crippen molar-refractivity contribution in [1.29, 1.82) is 0 Å². The Morgan fingerprint density at radius 2 is 1.69 bits per heavy atom. The third-order valence-corrected chi connectivity index (χ3v) is 5.57. The smallest absolute Gasteiger partial charge is 0.251 e. The molecule has 1 N–H and O–H groups in total. The highest BCUT2D eigenvalue weighted by Gasteiger charge is 2.42. The van der Waals surface area contributed by atoms with Crippen LogP contribution in [0.3, 0.4) is 0 Å². The van der Waals surface area contributed by atoms with E-state index in [1.807, 2.05) is 23.1 Å². The topological polar surface area (TPSA) is 67.9 Å². The molecule has 2 aliphatic rings. The Morgan fingerprint density at radius 3 is 2.38 bits per heavy atom. The van der Waals surface area contributed by atoms with E-state index in [2.05, 4.69) is 19.2 Å². The van der Waals surface area contributed by atoms with E-state index in [9.17, 15) is 9.59 Å². The second kappa shape index (κ2) is 9.99. The molecule has 3 rings (SSSR count). The van der Waals surface area contributed by atoms with E-state index in [1.54, 1.807) is 0 Å². The van der Waals surface area contributed by atoms with Gasteiger partial charge in [-0.25, -0.2) is 0 Å². The number of amides is 2. The minimum absolute atomic E-state index is 0.0819. The normalized spacial score (nSPS) is 16.6. The zero-order valence-electron chi connectivity index (χ0n) is 17.8. The number of nitrogens with zero attached hydrogens (tertiary/aromatic N) is 1. The highest BCUT2D eigenvalue weighted by atomic mass is 16.7. The maximum atomic E-state index is 12.3. The number of carbonyl (C=O) groups is 2. The molecule has 0 aromatic heterocycles. The number of hydrogen-bond donors (Lipinski definition) is 1. The third-order valence-electron chi connectivity index (χ3n) is 5.57. The van der Waals surface area contributed by atoms with E-state index in [-0.39, 0.29) is 11.8 Å². The minimum atomic E-state index is -0.508. The summed E-state index contributed by atoms with van der Waals surface area (Å²) in [6, 6.07) is 5.55. The molecule has 0 saturated heterocycles. The first-order valence-electron chi connectivity index (χ1n) is 11.1. The molecule has 2 amide bonds. The van der Waals surface area contributed by atoms with E-state index in [0.29, 0.717) is 30.7 Å². The van der Waals surface area contributed by atoms with E-state index < -0.39 is 5.79 Å². The van der Waals surface area contributed by atoms with Gasteiger partial charge in [-0.15, -0.1) is 0 Å². The number of hydrogen-bond acceptors (Lipinski definition) is 4. The first-order chi connectivity index (χ1) is 14.0. The molecule has 0 unspecified atom stereocenters. The lowest BCUT2D eigenvalue weighted by atomic mass is 9.94. The first kappa shape index (κ1) is 21.5. The number of rotatable bonds is 9. The third kappa shape index (κ3) is 5.64. The van der Waals surface area contributed by atoms with Crippen LogP contribution in [0.1, 0.15) is 78.1 Å². The predicted octanol–water partition coefficient (Wildman–Crippen LogP) is 4.88. The van der Waals surface area contributed by atoms with Gasteiger partial charge in [0.2, 0.25) is 11.8 Å². The molecular weight excluding hydrogens is 368 g/mol. The highest BCUT2D eigenvalue weighted by molar-refractivity contribution is 5.91. The maximum absolute atomic E-state index is 12.3. The van der Waals surface area contributed by atoms with Crippen molar-refractivity contribution in [3.8, 4) is 11.5 Å². The van der Waals surface area contributed by atoms with Gasteiger partial charge in [-0.1, -0.05) is 20.3 Å². The molecule has 1 fully saturated rings. The van der Waals surface area contributed by atoms with Gasteiger partial charge in [0.25, 0.3) is 5.79 Å². The molecule has 1 aromatic rings. The molecule has 1 aliphatic heterocycles. The van der Waals surface area contributed by atoms with Gasteiger partial charge in [0.05, 0.1) is 0 Å². The number of carbonyl (C=O) groups excluding carboxylic acids is 2. The number of benzene rings is 1. The average molecular weight is 403 g/mol. The molecule has 29 heavy (non-hydrogen) atoms. The van der Waals surface area contributed by atoms with Crippen molar-refractivity contribution < 1.29 is 19.1 Å². The molecule has 0 radical (unpaired) electrons. The van der Waals surface area contributed by atoms with Gasteiger partial charge in [0, 0.05) is 50.5 Å². The van der Waals surface area contributed by atoms with Crippen LogP contribution in [-0.4, -0.2) is 35.6 Å². The van der Waals surface area contributed by atoms with Gasteiger partial charge in [-0.3, -0.25) is 9.59 Å². The Labute approximate surface area is 173 Å². The van der Waals surface area contributed by atoms with E-state index in [1.165, 1.54) is 6.42 Å². The highest BCUT2D eigenvalue weighted by Crippen LogP contribution is 2.46. The van der Waals surface area contributed by atoms with Crippen LogP contribution < -0.4 is 14.8 Å². The van der Waals surface area contributed by atoms with Crippen molar-refractivity contribution in [3.05, 3.63) is 18.2 Å². The Hall–Kier alpha value is -2.24. The Bertz CT molecular complexity index is 707. The van der Waals surface area contributed by atoms with Gasteiger partial charge in [0.15, 0.2) is 11.5 Å². The van der Waals surface area contributed by atoms with Crippen molar-refractivity contribution in [2.45, 2.75) is 83.8 Å². The zero-order chi connectivity index (χ0) is 20.7. The summed E-state index contributed by atoms with van der Waals surface area (Å²) in [5, 5.41) is 2.92. The fourth-order valence-corrected chi connectivity index (χ4v) is 4.15. The zero-order valence-corrected chi connectivity index (χ0v) is 17.8. The lowest BCUT2D eigenvalue weighted by Crippen LogP contribution is -2.40. The Kier molecular flexibility index (Phi) is 7.40. The first-order valence-corrected chi connectivity index (χ1v) is 11.1. The van der Waals surface area contributed by atoms with Crippen LogP contribution in [0.25, 0.3) is 0 Å². The summed E-state index contributed by atoms with van der Waals surface area (Å²) in [7, 11) is 0. The van der Waals surface area contributed by atoms with Gasteiger partial charge in [0.1, 0.15) is 0 Å². The fourth-order valence-electron chi connectivity index (χ4n) is 4.15.